The van der Waals surface area contributed by atoms with Gasteiger partial charge in [0.15, 0.2) is 10.7 Å². The fourth-order valence-electron chi connectivity index (χ4n) is 1.01. The molecule has 0 fully saturated rings. The molecule has 0 saturated carbocycles. The van der Waals surface area contributed by atoms with Crippen molar-refractivity contribution in [3.8, 4) is 0 Å². The van der Waals surface area contributed by atoms with Gasteiger partial charge < -0.3 is 5.11 Å². The second kappa shape index (κ2) is 2.81. The van der Waals surface area contributed by atoms with Crippen LogP contribution in [0.15, 0.2) is 12.4 Å². The largest absolute Gasteiger partial charge is 0.476 e. The fourth-order valence-corrected chi connectivity index (χ4v) is 1.82. The second-order valence-corrected chi connectivity index (χ2v) is 3.55. The lowest BCUT2D eigenvalue weighted by molar-refractivity contribution is 0.0691. The zero-order valence-electron chi connectivity index (χ0n) is 6.40. The first-order valence-corrected chi connectivity index (χ1v) is 4.29. The molecule has 0 bridgehead atoms. The molecule has 2 rings (SSSR count). The molecule has 13 heavy (non-hydrogen) atoms. The zero-order chi connectivity index (χ0) is 9.42. The minimum Gasteiger partial charge on any atom is -0.476 e. The molecule has 0 saturated heterocycles. The molecule has 0 radical (unpaired) electrons. The van der Waals surface area contributed by atoms with Crippen molar-refractivity contribution in [3.05, 3.63) is 23.0 Å². The van der Waals surface area contributed by atoms with Crippen LogP contribution in [0.5, 0.6) is 0 Å². The average Bonchev–Trinajstić information content (AvgIpc) is 2.58. The van der Waals surface area contributed by atoms with Crippen LogP contribution in [-0.4, -0.2) is 20.5 Å². The summed E-state index contributed by atoms with van der Waals surface area (Å²) in [4.78, 5) is 15.3. The molecular formula is C7H5FN2O2S. The van der Waals surface area contributed by atoms with Gasteiger partial charge in [0.05, 0.1) is 4.88 Å². The van der Waals surface area contributed by atoms with Gasteiger partial charge in [-0.2, -0.15) is 0 Å². The lowest BCUT2D eigenvalue weighted by Gasteiger charge is -1.82. The first-order chi connectivity index (χ1) is 6.20. The molecule has 0 atom stereocenters. The Labute approximate surface area is 76.3 Å². The van der Waals surface area contributed by atoms with E-state index in [0.717, 1.165) is 11.3 Å². The van der Waals surface area contributed by atoms with Gasteiger partial charge in [-0.05, 0) is 0 Å². The van der Waals surface area contributed by atoms with E-state index in [1.54, 1.807) is 6.20 Å². The van der Waals surface area contributed by atoms with Gasteiger partial charge in [0.25, 0.3) is 0 Å². The fraction of sp³-hybridized carbons (Fsp3) is 0.143. The summed E-state index contributed by atoms with van der Waals surface area (Å²) in [5, 5.41) is 8.59. The third-order valence-corrected chi connectivity index (χ3v) is 2.52. The van der Waals surface area contributed by atoms with Gasteiger partial charge in [0.1, 0.15) is 6.67 Å². The van der Waals surface area contributed by atoms with E-state index < -0.39 is 12.6 Å². The second-order valence-electron chi connectivity index (χ2n) is 2.45. The molecule has 4 nitrogen and oxygen atoms in total. The topological polar surface area (TPSA) is 54.6 Å². The van der Waals surface area contributed by atoms with E-state index in [4.69, 9.17) is 5.11 Å². The summed E-state index contributed by atoms with van der Waals surface area (Å²) in [6.45, 7) is -0.545. The standard InChI is InChI=1S/C7H5FN2O2S/c8-1-4-2-10-3-5(6(11)12)9-7(10)13-4/h2-3H,1H2,(H,11,12). The number of carboxylic acids is 1. The van der Waals surface area contributed by atoms with Crippen LogP contribution >= 0.6 is 11.3 Å². The van der Waals surface area contributed by atoms with Crippen LogP contribution in [0.25, 0.3) is 4.96 Å². The summed E-state index contributed by atoms with van der Waals surface area (Å²) in [6.07, 6.45) is 2.91. The highest BCUT2D eigenvalue weighted by Gasteiger charge is 2.10. The lowest BCUT2D eigenvalue weighted by Crippen LogP contribution is -1.95. The number of carbonyl (C=O) groups is 1. The molecule has 0 aliphatic rings. The van der Waals surface area contributed by atoms with E-state index in [1.165, 1.54) is 10.6 Å². The Bertz CT molecular complexity index is 430. The van der Waals surface area contributed by atoms with Crippen molar-refractivity contribution in [3.63, 3.8) is 0 Å². The smallest absolute Gasteiger partial charge is 0.356 e. The van der Waals surface area contributed by atoms with Crippen molar-refractivity contribution >= 4 is 22.3 Å². The number of aromatic carboxylic acids is 1. The molecule has 68 valence electrons. The number of alkyl halides is 1. The summed E-state index contributed by atoms with van der Waals surface area (Å²) in [5.74, 6) is -1.07. The van der Waals surface area contributed by atoms with Crippen LogP contribution in [0, 0.1) is 0 Å². The number of carboxylic acid groups (broad SMARTS) is 1. The molecule has 1 N–H and O–H groups in total. The number of thiazole rings is 1. The lowest BCUT2D eigenvalue weighted by atomic mass is 10.5. The number of hydrogen-bond donors (Lipinski definition) is 1. The SMILES string of the molecule is O=C(O)c1cn2cc(CF)sc2n1. The first-order valence-electron chi connectivity index (χ1n) is 3.47. The number of aromatic nitrogens is 2. The van der Waals surface area contributed by atoms with Crippen LogP contribution in [0.1, 0.15) is 15.4 Å². The zero-order valence-corrected chi connectivity index (χ0v) is 7.21. The van der Waals surface area contributed by atoms with Crippen molar-refractivity contribution in [2.24, 2.45) is 0 Å². The normalized spacial score (nSPS) is 10.8. The molecule has 0 aromatic carbocycles. The van der Waals surface area contributed by atoms with E-state index in [1.807, 2.05) is 0 Å². The molecular weight excluding hydrogens is 195 g/mol. The summed E-state index contributed by atoms with van der Waals surface area (Å²) in [5.41, 5.74) is -0.0170. The van der Waals surface area contributed by atoms with Crippen LogP contribution < -0.4 is 0 Å². The predicted molar refractivity (Wildman–Crippen MR) is 44.8 cm³/mol. The van der Waals surface area contributed by atoms with Crippen LogP contribution in [0.3, 0.4) is 0 Å². The van der Waals surface area contributed by atoms with E-state index in [2.05, 4.69) is 4.98 Å². The highest BCUT2D eigenvalue weighted by atomic mass is 32.1. The Morgan fingerprint density at radius 1 is 1.69 bits per heavy atom. The number of fused-ring (bicyclic) bond motifs is 1. The Kier molecular flexibility index (Phi) is 1.77. The van der Waals surface area contributed by atoms with Gasteiger partial charge in [-0.3, -0.25) is 4.40 Å². The van der Waals surface area contributed by atoms with E-state index in [9.17, 15) is 9.18 Å². The molecule has 0 unspecified atom stereocenters. The Morgan fingerprint density at radius 2 is 2.46 bits per heavy atom. The minimum absolute atomic E-state index is 0.0170. The molecule has 0 aliphatic carbocycles. The van der Waals surface area contributed by atoms with Gasteiger partial charge in [0.2, 0.25) is 0 Å². The van der Waals surface area contributed by atoms with Crippen molar-refractivity contribution in [1.82, 2.24) is 9.38 Å². The molecule has 0 aliphatic heterocycles. The summed E-state index contributed by atoms with van der Waals surface area (Å²) >= 11 is 1.15. The maximum atomic E-state index is 12.2. The first kappa shape index (κ1) is 8.18. The highest BCUT2D eigenvalue weighted by molar-refractivity contribution is 7.17. The number of rotatable bonds is 2. The van der Waals surface area contributed by atoms with Crippen LogP contribution in [0.4, 0.5) is 4.39 Å². The molecule has 0 amide bonds. The number of nitrogens with zero attached hydrogens (tertiary/aromatic N) is 2. The number of imidazole rings is 1. The van der Waals surface area contributed by atoms with E-state index >= 15 is 0 Å². The molecule has 2 heterocycles. The maximum absolute atomic E-state index is 12.2. The number of hydrogen-bond acceptors (Lipinski definition) is 3. The summed E-state index contributed by atoms with van der Waals surface area (Å²) in [6, 6.07) is 0. The van der Waals surface area contributed by atoms with Crippen molar-refractivity contribution in [2.45, 2.75) is 6.67 Å². The quantitative estimate of drug-likeness (QED) is 0.800. The van der Waals surface area contributed by atoms with Crippen LogP contribution in [-0.2, 0) is 6.67 Å². The molecule has 2 aromatic heterocycles. The van der Waals surface area contributed by atoms with Gasteiger partial charge in [-0.15, -0.1) is 0 Å². The molecule has 0 spiro atoms. The monoisotopic (exact) mass is 200 g/mol. The van der Waals surface area contributed by atoms with Gasteiger partial charge in [-0.1, -0.05) is 11.3 Å². The minimum atomic E-state index is -1.07. The molecule has 2 aromatic rings. The summed E-state index contributed by atoms with van der Waals surface area (Å²) < 4.78 is 13.7. The van der Waals surface area contributed by atoms with Gasteiger partial charge in [-0.25, -0.2) is 14.2 Å². The van der Waals surface area contributed by atoms with Gasteiger partial charge >= 0.3 is 5.97 Å². The Hall–Kier alpha value is -1.43. The van der Waals surface area contributed by atoms with Crippen molar-refractivity contribution < 1.29 is 14.3 Å². The van der Waals surface area contributed by atoms with Crippen molar-refractivity contribution in [2.75, 3.05) is 0 Å². The van der Waals surface area contributed by atoms with Gasteiger partial charge in [0, 0.05) is 12.4 Å². The highest BCUT2D eigenvalue weighted by Crippen LogP contribution is 2.18. The Balaban J connectivity index is 2.54. The predicted octanol–water partition coefficient (Wildman–Crippen LogP) is 1.56. The average molecular weight is 200 g/mol. The van der Waals surface area contributed by atoms with E-state index in [0.29, 0.717) is 9.84 Å². The number of halogens is 1. The third-order valence-electron chi connectivity index (χ3n) is 1.55. The van der Waals surface area contributed by atoms with Crippen LogP contribution in [0.2, 0.25) is 0 Å². The molecule has 6 heteroatoms. The third kappa shape index (κ3) is 1.29. The van der Waals surface area contributed by atoms with E-state index in [-0.39, 0.29) is 5.69 Å². The summed E-state index contributed by atoms with van der Waals surface area (Å²) in [7, 11) is 0. The maximum Gasteiger partial charge on any atom is 0.356 e. The van der Waals surface area contributed by atoms with Crippen molar-refractivity contribution in [1.29, 1.82) is 0 Å². The Morgan fingerprint density at radius 3 is 3.00 bits per heavy atom.